The SMILES string of the molecule is Cc1cc(OCCCCn2cnc3ccccc3c2=O)cc(C(C)C)c1. The minimum atomic E-state index is 0.0248. The van der Waals surface area contributed by atoms with E-state index in [4.69, 9.17) is 4.74 Å². The molecule has 4 nitrogen and oxygen atoms in total. The van der Waals surface area contributed by atoms with Crippen molar-refractivity contribution in [3.8, 4) is 5.75 Å². The number of rotatable bonds is 7. The van der Waals surface area contributed by atoms with Crippen LogP contribution in [0.25, 0.3) is 10.9 Å². The standard InChI is InChI=1S/C22H26N2O2/c1-16(2)18-12-17(3)13-19(14-18)26-11-7-6-10-24-15-23-21-9-5-4-8-20(21)22(24)25/h4-5,8-9,12-16H,6-7,10-11H2,1-3H3. The van der Waals surface area contributed by atoms with Gasteiger partial charge in [0.2, 0.25) is 0 Å². The summed E-state index contributed by atoms with van der Waals surface area (Å²) in [5.74, 6) is 1.42. The van der Waals surface area contributed by atoms with Gasteiger partial charge >= 0.3 is 0 Å². The van der Waals surface area contributed by atoms with Gasteiger partial charge in [-0.15, -0.1) is 0 Å². The molecule has 0 aliphatic heterocycles. The molecule has 0 bridgehead atoms. The number of unbranched alkanes of at least 4 members (excludes halogenated alkanes) is 1. The van der Waals surface area contributed by atoms with Gasteiger partial charge < -0.3 is 4.74 Å². The third-order valence-corrected chi connectivity index (χ3v) is 4.53. The van der Waals surface area contributed by atoms with Crippen molar-refractivity contribution in [2.45, 2.75) is 46.1 Å². The number of hydrogen-bond acceptors (Lipinski definition) is 3. The van der Waals surface area contributed by atoms with E-state index in [1.807, 2.05) is 24.3 Å². The van der Waals surface area contributed by atoms with Crippen LogP contribution in [0.3, 0.4) is 0 Å². The molecule has 3 aromatic rings. The topological polar surface area (TPSA) is 44.1 Å². The Kier molecular flexibility index (Phi) is 5.71. The van der Waals surface area contributed by atoms with Gasteiger partial charge in [0.15, 0.2) is 0 Å². The van der Waals surface area contributed by atoms with Gasteiger partial charge in [-0.3, -0.25) is 9.36 Å². The third kappa shape index (κ3) is 4.31. The molecule has 136 valence electrons. The molecular formula is C22H26N2O2. The molecule has 0 atom stereocenters. The first-order valence-electron chi connectivity index (χ1n) is 9.23. The van der Waals surface area contributed by atoms with Crippen LogP contribution in [0.5, 0.6) is 5.75 Å². The molecule has 0 unspecified atom stereocenters. The first-order valence-corrected chi connectivity index (χ1v) is 9.23. The summed E-state index contributed by atoms with van der Waals surface area (Å²) in [7, 11) is 0. The first kappa shape index (κ1) is 18.2. The Labute approximate surface area is 154 Å². The Morgan fingerprint density at radius 1 is 1.12 bits per heavy atom. The molecule has 26 heavy (non-hydrogen) atoms. The fourth-order valence-corrected chi connectivity index (χ4v) is 3.03. The number of aryl methyl sites for hydroxylation is 2. The molecular weight excluding hydrogens is 324 g/mol. The predicted octanol–water partition coefficient (Wildman–Crippen LogP) is 4.69. The number of benzene rings is 2. The molecule has 0 spiro atoms. The summed E-state index contributed by atoms with van der Waals surface area (Å²) in [5.41, 5.74) is 3.29. The fraction of sp³-hybridized carbons (Fsp3) is 0.364. The number of para-hydroxylation sites is 1. The molecule has 0 aliphatic rings. The van der Waals surface area contributed by atoms with E-state index < -0.39 is 0 Å². The molecule has 0 N–H and O–H groups in total. The highest BCUT2D eigenvalue weighted by atomic mass is 16.5. The lowest BCUT2D eigenvalue weighted by Gasteiger charge is -2.12. The fourth-order valence-electron chi connectivity index (χ4n) is 3.03. The van der Waals surface area contributed by atoms with Gasteiger partial charge in [0.05, 0.1) is 23.8 Å². The Bertz CT molecular complexity index is 944. The molecule has 0 saturated heterocycles. The van der Waals surface area contributed by atoms with E-state index in [1.165, 1.54) is 11.1 Å². The van der Waals surface area contributed by atoms with Gasteiger partial charge in [0.1, 0.15) is 5.75 Å². The lowest BCUT2D eigenvalue weighted by atomic mass is 10.0. The maximum atomic E-state index is 12.4. The highest BCUT2D eigenvalue weighted by molar-refractivity contribution is 5.76. The van der Waals surface area contributed by atoms with Crippen LogP contribution < -0.4 is 10.3 Å². The van der Waals surface area contributed by atoms with E-state index >= 15 is 0 Å². The average molecular weight is 350 g/mol. The average Bonchev–Trinajstić information content (AvgIpc) is 2.63. The molecule has 1 heterocycles. The lowest BCUT2D eigenvalue weighted by Crippen LogP contribution is -2.20. The van der Waals surface area contributed by atoms with E-state index in [1.54, 1.807) is 10.9 Å². The first-order chi connectivity index (χ1) is 12.5. The van der Waals surface area contributed by atoms with Crippen molar-refractivity contribution in [2.75, 3.05) is 6.61 Å². The zero-order valence-corrected chi connectivity index (χ0v) is 15.7. The van der Waals surface area contributed by atoms with Crippen LogP contribution in [0.2, 0.25) is 0 Å². The van der Waals surface area contributed by atoms with Gasteiger partial charge in [-0.05, 0) is 61.1 Å². The minimum Gasteiger partial charge on any atom is -0.494 e. The van der Waals surface area contributed by atoms with Gasteiger partial charge in [0.25, 0.3) is 5.56 Å². The van der Waals surface area contributed by atoms with Crippen molar-refractivity contribution in [1.82, 2.24) is 9.55 Å². The highest BCUT2D eigenvalue weighted by Crippen LogP contribution is 2.23. The molecule has 1 aromatic heterocycles. The zero-order valence-electron chi connectivity index (χ0n) is 15.7. The van der Waals surface area contributed by atoms with E-state index in [0.717, 1.165) is 24.1 Å². The van der Waals surface area contributed by atoms with Gasteiger partial charge in [0, 0.05) is 6.54 Å². The summed E-state index contributed by atoms with van der Waals surface area (Å²) in [4.78, 5) is 16.8. The lowest BCUT2D eigenvalue weighted by molar-refractivity contribution is 0.302. The number of hydrogen-bond donors (Lipinski definition) is 0. The summed E-state index contributed by atoms with van der Waals surface area (Å²) in [6, 6.07) is 13.9. The number of nitrogens with zero attached hydrogens (tertiary/aromatic N) is 2. The highest BCUT2D eigenvalue weighted by Gasteiger charge is 2.05. The van der Waals surface area contributed by atoms with Crippen LogP contribution in [0.4, 0.5) is 0 Å². The summed E-state index contributed by atoms with van der Waals surface area (Å²) in [6.45, 7) is 7.78. The minimum absolute atomic E-state index is 0.0248. The second kappa shape index (κ2) is 8.17. The maximum Gasteiger partial charge on any atom is 0.261 e. The summed E-state index contributed by atoms with van der Waals surface area (Å²) in [6.07, 6.45) is 3.41. The Morgan fingerprint density at radius 2 is 1.92 bits per heavy atom. The Balaban J connectivity index is 1.54. The molecule has 0 amide bonds. The molecule has 2 aromatic carbocycles. The van der Waals surface area contributed by atoms with Crippen LogP contribution in [0.15, 0.2) is 53.6 Å². The van der Waals surface area contributed by atoms with Crippen molar-refractivity contribution in [3.05, 3.63) is 70.3 Å². The number of ether oxygens (including phenoxy) is 1. The normalized spacial score (nSPS) is 11.2. The van der Waals surface area contributed by atoms with Crippen molar-refractivity contribution in [3.63, 3.8) is 0 Å². The van der Waals surface area contributed by atoms with Crippen LogP contribution in [-0.2, 0) is 6.54 Å². The monoisotopic (exact) mass is 350 g/mol. The summed E-state index contributed by atoms with van der Waals surface area (Å²) >= 11 is 0. The van der Waals surface area contributed by atoms with Crippen molar-refractivity contribution in [2.24, 2.45) is 0 Å². The zero-order chi connectivity index (χ0) is 18.5. The van der Waals surface area contributed by atoms with Crippen LogP contribution in [-0.4, -0.2) is 16.2 Å². The van der Waals surface area contributed by atoms with Crippen LogP contribution in [0.1, 0.15) is 43.7 Å². The second-order valence-corrected chi connectivity index (χ2v) is 7.05. The van der Waals surface area contributed by atoms with Crippen molar-refractivity contribution in [1.29, 1.82) is 0 Å². The largest absolute Gasteiger partial charge is 0.494 e. The second-order valence-electron chi connectivity index (χ2n) is 7.05. The number of fused-ring (bicyclic) bond motifs is 1. The van der Waals surface area contributed by atoms with Crippen LogP contribution in [0, 0.1) is 6.92 Å². The van der Waals surface area contributed by atoms with E-state index in [-0.39, 0.29) is 5.56 Å². The van der Waals surface area contributed by atoms with Gasteiger partial charge in [-0.25, -0.2) is 4.98 Å². The van der Waals surface area contributed by atoms with E-state index in [0.29, 0.717) is 24.5 Å². The molecule has 0 fully saturated rings. The molecule has 3 rings (SSSR count). The van der Waals surface area contributed by atoms with Crippen LogP contribution >= 0.6 is 0 Å². The van der Waals surface area contributed by atoms with Gasteiger partial charge in [-0.2, -0.15) is 0 Å². The van der Waals surface area contributed by atoms with Crippen molar-refractivity contribution >= 4 is 10.9 Å². The maximum absolute atomic E-state index is 12.4. The molecule has 0 radical (unpaired) electrons. The Hall–Kier alpha value is -2.62. The Morgan fingerprint density at radius 3 is 2.73 bits per heavy atom. The summed E-state index contributed by atoms with van der Waals surface area (Å²) < 4.78 is 7.60. The van der Waals surface area contributed by atoms with Gasteiger partial charge in [-0.1, -0.05) is 32.0 Å². The smallest absolute Gasteiger partial charge is 0.261 e. The molecule has 0 aliphatic carbocycles. The van der Waals surface area contributed by atoms with E-state index in [2.05, 4.69) is 44.0 Å². The predicted molar refractivity (Wildman–Crippen MR) is 106 cm³/mol. The quantitative estimate of drug-likeness (QED) is 0.581. The summed E-state index contributed by atoms with van der Waals surface area (Å²) in [5, 5.41) is 0.673. The molecule has 4 heteroatoms. The number of aromatic nitrogens is 2. The third-order valence-electron chi connectivity index (χ3n) is 4.53. The van der Waals surface area contributed by atoms with Crippen molar-refractivity contribution < 1.29 is 4.74 Å². The van der Waals surface area contributed by atoms with E-state index in [9.17, 15) is 4.79 Å². The molecule has 0 saturated carbocycles.